The molecule has 2 atom stereocenters. The first kappa shape index (κ1) is 18.8. The van der Waals surface area contributed by atoms with Crippen LogP contribution in [-0.2, 0) is 9.53 Å². The van der Waals surface area contributed by atoms with E-state index in [9.17, 15) is 14.3 Å². The fourth-order valence-electron chi connectivity index (χ4n) is 2.79. The van der Waals surface area contributed by atoms with E-state index in [2.05, 4.69) is 5.32 Å². The molecule has 6 heteroatoms. The summed E-state index contributed by atoms with van der Waals surface area (Å²) in [5.74, 6) is -0.0821. The van der Waals surface area contributed by atoms with E-state index in [1.807, 2.05) is 13.8 Å². The molecular weight excluding hydrogens is 311 g/mol. The zero-order valence-corrected chi connectivity index (χ0v) is 14.4. The SMILES string of the molecule is CC(C)CN(CC(O)c1ccc(F)cc1)C(=O)CC1CNCCO1. The van der Waals surface area contributed by atoms with Gasteiger partial charge >= 0.3 is 0 Å². The predicted octanol–water partition coefficient (Wildman–Crippen LogP) is 1.72. The molecule has 24 heavy (non-hydrogen) atoms. The number of carbonyl (C=O) groups is 1. The van der Waals surface area contributed by atoms with Gasteiger partial charge in [0.15, 0.2) is 0 Å². The molecule has 0 aromatic heterocycles. The highest BCUT2D eigenvalue weighted by Gasteiger charge is 2.24. The molecule has 1 saturated heterocycles. The first-order valence-electron chi connectivity index (χ1n) is 8.49. The molecule has 0 bridgehead atoms. The number of halogens is 1. The molecule has 2 N–H and O–H groups in total. The van der Waals surface area contributed by atoms with Crippen LogP contribution in [0, 0.1) is 11.7 Å². The van der Waals surface area contributed by atoms with E-state index < -0.39 is 6.10 Å². The molecule has 2 unspecified atom stereocenters. The van der Waals surface area contributed by atoms with Crippen LogP contribution < -0.4 is 5.32 Å². The highest BCUT2D eigenvalue weighted by atomic mass is 19.1. The molecule has 0 aliphatic carbocycles. The highest BCUT2D eigenvalue weighted by molar-refractivity contribution is 5.76. The standard InChI is InChI=1S/C18H27FN2O3/c1-13(2)11-21(18(23)9-16-10-20-7-8-24-16)12-17(22)14-3-5-15(19)6-4-14/h3-6,13,16-17,20,22H,7-12H2,1-2H3. The Hall–Kier alpha value is -1.50. The lowest BCUT2D eigenvalue weighted by Crippen LogP contribution is -2.44. The number of rotatable bonds is 7. The minimum Gasteiger partial charge on any atom is -0.387 e. The van der Waals surface area contributed by atoms with Crippen molar-refractivity contribution in [1.82, 2.24) is 10.2 Å². The summed E-state index contributed by atoms with van der Waals surface area (Å²) >= 11 is 0. The van der Waals surface area contributed by atoms with Crippen molar-refractivity contribution >= 4 is 5.91 Å². The molecule has 134 valence electrons. The summed E-state index contributed by atoms with van der Waals surface area (Å²) in [6.07, 6.45) is -0.655. The van der Waals surface area contributed by atoms with Gasteiger partial charge in [0.1, 0.15) is 5.82 Å². The maximum atomic E-state index is 13.0. The molecule has 5 nitrogen and oxygen atoms in total. The predicted molar refractivity (Wildman–Crippen MR) is 90.0 cm³/mol. The molecule has 0 saturated carbocycles. The second kappa shape index (κ2) is 9.11. The van der Waals surface area contributed by atoms with Gasteiger partial charge in [0, 0.05) is 19.6 Å². The Labute approximate surface area is 142 Å². The lowest BCUT2D eigenvalue weighted by atomic mass is 10.1. The maximum Gasteiger partial charge on any atom is 0.225 e. The largest absolute Gasteiger partial charge is 0.387 e. The van der Waals surface area contributed by atoms with Gasteiger partial charge in [-0.25, -0.2) is 4.39 Å². The molecular formula is C18H27FN2O3. The number of benzene rings is 1. The van der Waals surface area contributed by atoms with Gasteiger partial charge in [-0.05, 0) is 23.6 Å². The van der Waals surface area contributed by atoms with Gasteiger partial charge in [-0.3, -0.25) is 4.79 Å². The Morgan fingerprint density at radius 1 is 1.38 bits per heavy atom. The van der Waals surface area contributed by atoms with Crippen molar-refractivity contribution in [2.45, 2.75) is 32.5 Å². The monoisotopic (exact) mass is 338 g/mol. The molecule has 1 aromatic carbocycles. The van der Waals surface area contributed by atoms with Crippen LogP contribution in [0.15, 0.2) is 24.3 Å². The van der Waals surface area contributed by atoms with Gasteiger partial charge in [0.25, 0.3) is 0 Å². The quantitative estimate of drug-likeness (QED) is 0.795. The number of nitrogens with zero attached hydrogens (tertiary/aromatic N) is 1. The second-order valence-electron chi connectivity index (χ2n) is 6.66. The number of ether oxygens (including phenoxy) is 1. The van der Waals surface area contributed by atoms with E-state index in [1.54, 1.807) is 17.0 Å². The van der Waals surface area contributed by atoms with Crippen LogP contribution >= 0.6 is 0 Å². The van der Waals surface area contributed by atoms with Crippen molar-refractivity contribution in [3.63, 3.8) is 0 Å². The Morgan fingerprint density at radius 2 is 2.08 bits per heavy atom. The Kier molecular flexibility index (Phi) is 7.15. The van der Waals surface area contributed by atoms with Crippen molar-refractivity contribution in [2.24, 2.45) is 5.92 Å². The molecule has 0 spiro atoms. The minimum absolute atomic E-state index is 0.0291. The molecule has 1 fully saturated rings. The van der Waals surface area contributed by atoms with E-state index in [4.69, 9.17) is 4.74 Å². The van der Waals surface area contributed by atoms with Gasteiger partial charge in [-0.15, -0.1) is 0 Å². The maximum absolute atomic E-state index is 13.0. The molecule has 1 aromatic rings. The molecule has 1 heterocycles. The van der Waals surface area contributed by atoms with Gasteiger partial charge in [0.2, 0.25) is 5.91 Å². The fraction of sp³-hybridized carbons (Fsp3) is 0.611. The average molecular weight is 338 g/mol. The van der Waals surface area contributed by atoms with Crippen molar-refractivity contribution in [1.29, 1.82) is 0 Å². The normalized spacial score (nSPS) is 19.3. The highest BCUT2D eigenvalue weighted by Crippen LogP contribution is 2.17. The molecule has 1 amide bonds. The number of aliphatic hydroxyl groups is 1. The summed E-state index contributed by atoms with van der Waals surface area (Å²) in [5.41, 5.74) is 0.605. The minimum atomic E-state index is -0.835. The van der Waals surface area contributed by atoms with Crippen LogP contribution in [0.25, 0.3) is 0 Å². The molecule has 1 aliphatic heterocycles. The Balaban J connectivity index is 1.98. The summed E-state index contributed by atoms with van der Waals surface area (Å²) < 4.78 is 18.6. The molecule has 2 rings (SSSR count). The third kappa shape index (κ3) is 5.85. The fourth-order valence-corrected chi connectivity index (χ4v) is 2.79. The molecule has 0 radical (unpaired) electrons. The van der Waals surface area contributed by atoms with Crippen molar-refractivity contribution in [3.05, 3.63) is 35.6 Å². The number of amides is 1. The van der Waals surface area contributed by atoms with Crippen LogP contribution in [0.1, 0.15) is 31.9 Å². The average Bonchev–Trinajstić information content (AvgIpc) is 2.55. The van der Waals surface area contributed by atoms with Crippen molar-refractivity contribution in [2.75, 3.05) is 32.8 Å². The Morgan fingerprint density at radius 3 is 2.67 bits per heavy atom. The smallest absolute Gasteiger partial charge is 0.225 e. The van der Waals surface area contributed by atoms with Crippen LogP contribution in [-0.4, -0.2) is 54.8 Å². The number of morpholine rings is 1. The van der Waals surface area contributed by atoms with Gasteiger partial charge < -0.3 is 20.1 Å². The lowest BCUT2D eigenvalue weighted by molar-refractivity contribution is -0.136. The first-order chi connectivity index (χ1) is 11.5. The zero-order chi connectivity index (χ0) is 17.5. The van der Waals surface area contributed by atoms with Crippen molar-refractivity contribution in [3.8, 4) is 0 Å². The van der Waals surface area contributed by atoms with Crippen molar-refractivity contribution < 1.29 is 19.0 Å². The van der Waals surface area contributed by atoms with Gasteiger partial charge in [-0.1, -0.05) is 26.0 Å². The lowest BCUT2D eigenvalue weighted by Gasteiger charge is -2.30. The summed E-state index contributed by atoms with van der Waals surface area (Å²) in [6, 6.07) is 5.72. The third-order valence-corrected chi connectivity index (χ3v) is 3.99. The number of aliphatic hydroxyl groups excluding tert-OH is 1. The van der Waals surface area contributed by atoms with Crippen LogP contribution in [0.5, 0.6) is 0 Å². The van der Waals surface area contributed by atoms with E-state index in [1.165, 1.54) is 12.1 Å². The summed E-state index contributed by atoms with van der Waals surface area (Å²) in [7, 11) is 0. The van der Waals surface area contributed by atoms with Crippen LogP contribution in [0.3, 0.4) is 0 Å². The van der Waals surface area contributed by atoms with Crippen LogP contribution in [0.2, 0.25) is 0 Å². The summed E-state index contributed by atoms with van der Waals surface area (Å²) in [5, 5.41) is 13.6. The number of nitrogens with one attached hydrogen (secondary N) is 1. The van der Waals surface area contributed by atoms with E-state index in [-0.39, 0.29) is 24.4 Å². The van der Waals surface area contributed by atoms with Crippen LogP contribution in [0.4, 0.5) is 4.39 Å². The van der Waals surface area contributed by atoms with Gasteiger partial charge in [-0.2, -0.15) is 0 Å². The summed E-state index contributed by atoms with van der Waals surface area (Å²) in [4.78, 5) is 14.3. The number of carbonyl (C=O) groups excluding carboxylic acids is 1. The first-order valence-corrected chi connectivity index (χ1v) is 8.49. The topological polar surface area (TPSA) is 61.8 Å². The number of hydrogen-bond acceptors (Lipinski definition) is 4. The number of hydrogen-bond donors (Lipinski definition) is 2. The Bertz CT molecular complexity index is 516. The third-order valence-electron chi connectivity index (χ3n) is 3.99. The zero-order valence-electron chi connectivity index (χ0n) is 14.4. The van der Waals surface area contributed by atoms with E-state index >= 15 is 0 Å². The van der Waals surface area contributed by atoms with E-state index in [0.717, 1.165) is 6.54 Å². The second-order valence-corrected chi connectivity index (χ2v) is 6.66. The summed E-state index contributed by atoms with van der Waals surface area (Å²) in [6.45, 7) is 6.91. The van der Waals surface area contributed by atoms with Gasteiger partial charge in [0.05, 0.1) is 31.8 Å². The molecule has 1 aliphatic rings. The van der Waals surface area contributed by atoms with E-state index in [0.29, 0.717) is 37.6 Å².